The summed E-state index contributed by atoms with van der Waals surface area (Å²) in [4.78, 5) is 43.5. The molecule has 4 atom stereocenters. The number of carbonyl (C=O) groups is 3. The molecule has 3 amide bonds. The average molecular weight is 640 g/mol. The van der Waals surface area contributed by atoms with Crippen molar-refractivity contribution in [1.29, 1.82) is 0 Å². The minimum Gasteiger partial charge on any atom is -0.399 e. The van der Waals surface area contributed by atoms with Gasteiger partial charge in [-0.25, -0.2) is 8.42 Å². The van der Waals surface area contributed by atoms with Crippen LogP contribution in [-0.4, -0.2) is 56.6 Å². The van der Waals surface area contributed by atoms with Crippen molar-refractivity contribution in [1.82, 2.24) is 16.0 Å². The van der Waals surface area contributed by atoms with Crippen molar-refractivity contribution in [3.63, 3.8) is 0 Å². The normalized spacial score (nSPS) is 14.3. The van der Waals surface area contributed by atoms with Crippen LogP contribution in [0.4, 0.5) is 5.69 Å². The van der Waals surface area contributed by atoms with Crippen molar-refractivity contribution in [3.8, 4) is 0 Å². The maximum absolute atomic E-state index is 13.8. The van der Waals surface area contributed by atoms with Crippen LogP contribution in [0.2, 0.25) is 0 Å². The fourth-order valence-corrected chi connectivity index (χ4v) is 5.12. The first-order chi connectivity index (χ1) is 21.2. The van der Waals surface area contributed by atoms with Crippen LogP contribution in [0.15, 0.2) is 71.2 Å². The highest BCUT2D eigenvalue weighted by Crippen LogP contribution is 2.13. The molecule has 12 nitrogen and oxygen atoms in total. The second kappa shape index (κ2) is 17.8. The van der Waals surface area contributed by atoms with E-state index in [2.05, 4.69) is 26.0 Å². The number of nitrogens with zero attached hydrogens (tertiary/aromatic N) is 3. The summed E-state index contributed by atoms with van der Waals surface area (Å²) in [5.41, 5.74) is 17.0. The van der Waals surface area contributed by atoms with Gasteiger partial charge in [-0.1, -0.05) is 81.3 Å². The van der Waals surface area contributed by atoms with Gasteiger partial charge in [0.05, 0.1) is 0 Å². The van der Waals surface area contributed by atoms with Crippen LogP contribution in [0.1, 0.15) is 51.7 Å². The Bertz CT molecular complexity index is 1450. The van der Waals surface area contributed by atoms with Gasteiger partial charge in [-0.05, 0) is 59.9 Å². The zero-order chi connectivity index (χ0) is 33.6. The quantitative estimate of drug-likeness (QED) is 0.0878. The van der Waals surface area contributed by atoms with Crippen molar-refractivity contribution >= 4 is 33.2 Å². The molecule has 0 bridgehead atoms. The van der Waals surface area contributed by atoms with Gasteiger partial charge in [-0.2, -0.15) is 0 Å². The molecule has 0 aliphatic rings. The Morgan fingerprint density at radius 1 is 0.822 bits per heavy atom. The van der Waals surface area contributed by atoms with Crippen molar-refractivity contribution in [3.05, 3.63) is 87.7 Å². The molecule has 244 valence electrons. The van der Waals surface area contributed by atoms with Gasteiger partial charge in [0, 0.05) is 34.7 Å². The third kappa shape index (κ3) is 14.3. The Morgan fingerprint density at radius 2 is 1.38 bits per heavy atom. The Morgan fingerprint density at radius 3 is 1.93 bits per heavy atom. The molecule has 0 heterocycles. The number of carbonyl (C=O) groups excluding carboxylic acids is 3. The Balaban J connectivity index is 2.34. The molecule has 2 aromatic rings. The average Bonchev–Trinajstić information content (AvgIpc) is 2.95. The summed E-state index contributed by atoms with van der Waals surface area (Å²) in [5, 5.41) is 13.1. The van der Waals surface area contributed by atoms with E-state index in [-0.39, 0.29) is 24.7 Å². The molecule has 1 unspecified atom stereocenters. The molecular weight excluding hydrogens is 594 g/mol. The van der Waals surface area contributed by atoms with E-state index >= 15 is 0 Å². The molecule has 5 N–H and O–H groups in total. The minimum atomic E-state index is -3.42. The van der Waals surface area contributed by atoms with E-state index in [0.29, 0.717) is 24.1 Å². The number of hydrogen-bond donors (Lipinski definition) is 4. The smallest absolute Gasteiger partial charge is 0.243 e. The summed E-state index contributed by atoms with van der Waals surface area (Å²) < 4.78 is 23.5. The van der Waals surface area contributed by atoms with Crippen LogP contribution >= 0.6 is 0 Å². The molecule has 0 aliphatic carbocycles. The molecule has 0 aromatic heterocycles. The van der Waals surface area contributed by atoms with Gasteiger partial charge in [-0.15, -0.1) is 0 Å². The van der Waals surface area contributed by atoms with Gasteiger partial charge >= 0.3 is 0 Å². The summed E-state index contributed by atoms with van der Waals surface area (Å²) in [6, 6.07) is 12.1. The van der Waals surface area contributed by atoms with Gasteiger partial charge in [-0.3, -0.25) is 14.4 Å². The number of nitrogen functional groups attached to an aromatic ring is 1. The summed E-state index contributed by atoms with van der Waals surface area (Å²) in [5.74, 6) is -1.56. The van der Waals surface area contributed by atoms with E-state index in [9.17, 15) is 22.8 Å². The lowest BCUT2D eigenvalue weighted by atomic mass is 9.99. The van der Waals surface area contributed by atoms with Gasteiger partial charge in [0.15, 0.2) is 9.84 Å². The topological polar surface area (TPSA) is 196 Å². The number of benzene rings is 2. The molecule has 2 aromatic carbocycles. The molecule has 0 aliphatic heterocycles. The maximum Gasteiger partial charge on any atom is 0.243 e. The van der Waals surface area contributed by atoms with E-state index in [1.54, 1.807) is 48.5 Å². The van der Waals surface area contributed by atoms with Crippen molar-refractivity contribution < 1.29 is 22.8 Å². The minimum absolute atomic E-state index is 0.0153. The number of nitrogens with two attached hydrogens (primary N) is 1. The zero-order valence-electron chi connectivity index (χ0n) is 26.5. The summed E-state index contributed by atoms with van der Waals surface area (Å²) >= 11 is 0. The highest BCUT2D eigenvalue weighted by molar-refractivity contribution is 7.93. The van der Waals surface area contributed by atoms with Crippen molar-refractivity contribution in [2.24, 2.45) is 17.0 Å². The van der Waals surface area contributed by atoms with Crippen molar-refractivity contribution in [2.45, 2.75) is 77.5 Å². The monoisotopic (exact) mass is 639 g/mol. The molecule has 0 fully saturated rings. The first-order valence-electron chi connectivity index (χ1n) is 14.9. The summed E-state index contributed by atoms with van der Waals surface area (Å²) in [7, 11) is -3.42. The molecule has 0 saturated carbocycles. The second-order valence-electron chi connectivity index (χ2n) is 12.0. The lowest BCUT2D eigenvalue weighted by Crippen LogP contribution is -2.56. The van der Waals surface area contributed by atoms with E-state index in [1.165, 1.54) is 6.08 Å². The van der Waals surface area contributed by atoms with Crippen LogP contribution in [0.3, 0.4) is 0 Å². The van der Waals surface area contributed by atoms with Crippen molar-refractivity contribution in [2.75, 3.05) is 12.0 Å². The van der Waals surface area contributed by atoms with Crippen LogP contribution < -0.4 is 21.7 Å². The number of sulfone groups is 1. The maximum atomic E-state index is 13.8. The largest absolute Gasteiger partial charge is 0.399 e. The molecule has 0 spiro atoms. The lowest BCUT2D eigenvalue weighted by molar-refractivity contribution is -0.132. The number of rotatable bonds is 17. The molecule has 0 radical (unpaired) electrons. The molecule has 13 heteroatoms. The van der Waals surface area contributed by atoms with Gasteiger partial charge in [0.2, 0.25) is 17.7 Å². The standard InChI is InChI=1S/C32H45N7O5S/c1-21(2)17-26(15-16-45(5,43)44)35-30(40)27(18-22(3)4)36-31(41)28(19-24-11-13-25(33)14-12-24)37-32(42)29(38-39-34)20-23-9-7-6-8-10-23/h6-16,21-22,26-29H,17-20,33H2,1-5H3,(H,35,40)(H,36,41)(H,37,42)/b16-15+/t26-,27+,28+,29?/m1/s1. The van der Waals surface area contributed by atoms with Gasteiger partial charge in [0.25, 0.3) is 0 Å². The van der Waals surface area contributed by atoms with Gasteiger partial charge in [0.1, 0.15) is 18.1 Å². The van der Waals surface area contributed by atoms with E-state index in [4.69, 9.17) is 11.3 Å². The zero-order valence-corrected chi connectivity index (χ0v) is 27.3. The molecule has 2 rings (SSSR count). The third-order valence-corrected chi connectivity index (χ3v) is 7.42. The summed E-state index contributed by atoms with van der Waals surface area (Å²) in [6.45, 7) is 7.71. The fourth-order valence-electron chi connectivity index (χ4n) is 4.64. The molecule has 0 saturated heterocycles. The first kappa shape index (κ1) is 36.8. The highest BCUT2D eigenvalue weighted by Gasteiger charge is 2.30. The Kier molecular flexibility index (Phi) is 14.6. The van der Waals surface area contributed by atoms with Crippen LogP contribution in [-0.2, 0) is 37.1 Å². The van der Waals surface area contributed by atoms with E-state index in [1.807, 2.05) is 33.8 Å². The highest BCUT2D eigenvalue weighted by atomic mass is 32.2. The second-order valence-corrected chi connectivity index (χ2v) is 13.9. The third-order valence-electron chi connectivity index (χ3n) is 6.77. The predicted molar refractivity (Wildman–Crippen MR) is 176 cm³/mol. The Labute approximate surface area is 265 Å². The Hall–Kier alpha value is -4.35. The number of amides is 3. The number of anilines is 1. The molecular formula is C32H45N7O5S. The first-order valence-corrected chi connectivity index (χ1v) is 16.8. The number of nitrogens with one attached hydrogen (secondary N) is 3. The van der Waals surface area contributed by atoms with Crippen LogP contribution in [0.25, 0.3) is 10.4 Å². The lowest BCUT2D eigenvalue weighted by Gasteiger charge is -2.27. The molecule has 45 heavy (non-hydrogen) atoms. The fraction of sp³-hybridized carbons (Fsp3) is 0.469. The number of azide groups is 1. The van der Waals surface area contributed by atoms with Gasteiger partial charge < -0.3 is 21.7 Å². The number of hydrogen-bond acceptors (Lipinski definition) is 7. The predicted octanol–water partition coefficient (Wildman–Crippen LogP) is 3.84. The summed E-state index contributed by atoms with van der Waals surface area (Å²) in [6.07, 6.45) is 3.49. The van der Waals surface area contributed by atoms with Crippen LogP contribution in [0, 0.1) is 11.8 Å². The van der Waals surface area contributed by atoms with E-state index in [0.717, 1.165) is 17.2 Å². The van der Waals surface area contributed by atoms with Crippen LogP contribution in [0.5, 0.6) is 0 Å². The SMILES string of the molecule is CC(C)C[C@@H](/C=C/S(C)(=O)=O)NC(=O)[C@H](CC(C)C)NC(=O)[C@H](Cc1ccc(N)cc1)NC(=O)C(Cc1ccccc1)N=[N+]=[N-]. The van der Waals surface area contributed by atoms with E-state index < -0.39 is 51.7 Å².